The van der Waals surface area contributed by atoms with Crippen LogP contribution >= 0.6 is 35.6 Å². The molecule has 1 fully saturated rings. The van der Waals surface area contributed by atoms with Gasteiger partial charge in [-0.25, -0.2) is 4.39 Å². The maximum absolute atomic E-state index is 13.3. The van der Waals surface area contributed by atoms with Crippen LogP contribution in [0.15, 0.2) is 23.2 Å². The molecule has 0 aromatic heterocycles. The largest absolute Gasteiger partial charge is 0.357 e. The molecule has 8 heteroatoms. The standard InChI is InChI=1S/C19H28ClFN4O.HI/c1-4-22-18(24-10-9-23-17(26)13-5-6-13)25-12-19(2,3)15-8-7-14(21)11-16(15)20;/h7-8,11,13H,4-6,9-10,12H2,1-3H3,(H,23,26)(H2,22,24,25);1H. The summed E-state index contributed by atoms with van der Waals surface area (Å²) in [6, 6.07) is 4.45. The second kappa shape index (κ2) is 11.0. The van der Waals surface area contributed by atoms with Crippen molar-refractivity contribution in [3.05, 3.63) is 34.6 Å². The van der Waals surface area contributed by atoms with Gasteiger partial charge in [-0.1, -0.05) is 31.5 Å². The van der Waals surface area contributed by atoms with E-state index < -0.39 is 0 Å². The predicted octanol–water partition coefficient (Wildman–Crippen LogP) is 3.46. The predicted molar refractivity (Wildman–Crippen MR) is 120 cm³/mol. The first kappa shape index (κ1) is 23.9. The lowest BCUT2D eigenvalue weighted by Gasteiger charge is -2.25. The van der Waals surface area contributed by atoms with Crippen LogP contribution in [0.3, 0.4) is 0 Å². The third-order valence-corrected chi connectivity index (χ3v) is 4.61. The Morgan fingerprint density at radius 3 is 2.52 bits per heavy atom. The summed E-state index contributed by atoms with van der Waals surface area (Å²) in [5.41, 5.74) is 0.518. The number of nitrogens with zero attached hydrogens (tertiary/aromatic N) is 1. The third-order valence-electron chi connectivity index (χ3n) is 4.30. The van der Waals surface area contributed by atoms with Crippen molar-refractivity contribution in [1.29, 1.82) is 0 Å². The van der Waals surface area contributed by atoms with Crippen LogP contribution in [-0.2, 0) is 10.2 Å². The second-order valence-electron chi connectivity index (χ2n) is 7.20. The fourth-order valence-corrected chi connectivity index (χ4v) is 3.02. The van der Waals surface area contributed by atoms with Gasteiger partial charge in [-0.2, -0.15) is 0 Å². The summed E-state index contributed by atoms with van der Waals surface area (Å²) >= 11 is 6.19. The molecule has 0 unspecified atom stereocenters. The number of benzene rings is 1. The Morgan fingerprint density at radius 1 is 1.26 bits per heavy atom. The molecule has 152 valence electrons. The van der Waals surface area contributed by atoms with E-state index in [2.05, 4.69) is 20.9 Å². The van der Waals surface area contributed by atoms with Gasteiger partial charge < -0.3 is 16.0 Å². The molecule has 0 bridgehead atoms. The number of carbonyl (C=O) groups excluding carboxylic acids is 1. The molecule has 0 spiro atoms. The van der Waals surface area contributed by atoms with Crippen molar-refractivity contribution in [2.75, 3.05) is 26.2 Å². The number of hydrogen-bond donors (Lipinski definition) is 3. The van der Waals surface area contributed by atoms with Crippen LogP contribution in [0, 0.1) is 11.7 Å². The van der Waals surface area contributed by atoms with E-state index in [9.17, 15) is 9.18 Å². The molecule has 0 aliphatic heterocycles. The zero-order valence-corrected chi connectivity index (χ0v) is 19.2. The maximum atomic E-state index is 13.3. The quantitative estimate of drug-likeness (QED) is 0.217. The van der Waals surface area contributed by atoms with Crippen LogP contribution in [0.25, 0.3) is 0 Å². The highest BCUT2D eigenvalue weighted by Gasteiger charge is 2.29. The molecule has 5 nitrogen and oxygen atoms in total. The van der Waals surface area contributed by atoms with Crippen molar-refractivity contribution in [3.63, 3.8) is 0 Å². The third kappa shape index (κ3) is 7.81. The molecule has 0 atom stereocenters. The second-order valence-corrected chi connectivity index (χ2v) is 7.60. The van der Waals surface area contributed by atoms with Crippen molar-refractivity contribution >= 4 is 47.4 Å². The Bertz CT molecular complexity index is 665. The molecule has 1 aliphatic carbocycles. The zero-order valence-electron chi connectivity index (χ0n) is 16.1. The Morgan fingerprint density at radius 2 is 1.93 bits per heavy atom. The number of hydrogen-bond acceptors (Lipinski definition) is 2. The van der Waals surface area contributed by atoms with E-state index >= 15 is 0 Å². The molecule has 0 radical (unpaired) electrons. The highest BCUT2D eigenvalue weighted by molar-refractivity contribution is 14.0. The van der Waals surface area contributed by atoms with E-state index in [-0.39, 0.29) is 47.0 Å². The highest BCUT2D eigenvalue weighted by Crippen LogP contribution is 2.30. The molecule has 1 amide bonds. The molecule has 0 heterocycles. The van der Waals surface area contributed by atoms with Gasteiger partial charge in [-0.05, 0) is 37.5 Å². The van der Waals surface area contributed by atoms with Gasteiger partial charge in [-0.3, -0.25) is 9.79 Å². The summed E-state index contributed by atoms with van der Waals surface area (Å²) in [6.45, 7) is 8.42. The van der Waals surface area contributed by atoms with Gasteiger partial charge in [-0.15, -0.1) is 24.0 Å². The summed E-state index contributed by atoms with van der Waals surface area (Å²) in [7, 11) is 0. The normalized spacial score (nSPS) is 14.3. The van der Waals surface area contributed by atoms with Crippen molar-refractivity contribution in [1.82, 2.24) is 16.0 Å². The lowest BCUT2D eigenvalue weighted by atomic mass is 9.84. The summed E-state index contributed by atoms with van der Waals surface area (Å²) < 4.78 is 13.3. The van der Waals surface area contributed by atoms with Gasteiger partial charge >= 0.3 is 0 Å². The average Bonchev–Trinajstić information content (AvgIpc) is 3.41. The molecular weight excluding hydrogens is 482 g/mol. The lowest BCUT2D eigenvalue weighted by Crippen LogP contribution is -2.42. The molecule has 1 aromatic rings. The monoisotopic (exact) mass is 510 g/mol. The fourth-order valence-electron chi connectivity index (χ4n) is 2.60. The summed E-state index contributed by atoms with van der Waals surface area (Å²) in [6.07, 6.45) is 2.01. The van der Waals surface area contributed by atoms with Gasteiger partial charge in [0, 0.05) is 36.0 Å². The van der Waals surface area contributed by atoms with Gasteiger partial charge in [0.1, 0.15) is 5.82 Å². The maximum Gasteiger partial charge on any atom is 0.223 e. The number of amides is 1. The van der Waals surface area contributed by atoms with Crippen LogP contribution in [0.1, 0.15) is 39.2 Å². The van der Waals surface area contributed by atoms with Gasteiger partial charge in [0.15, 0.2) is 5.96 Å². The van der Waals surface area contributed by atoms with E-state index in [1.807, 2.05) is 20.8 Å². The SMILES string of the molecule is CCNC(=NCC(C)(C)c1ccc(F)cc1Cl)NCCNC(=O)C1CC1.I. The van der Waals surface area contributed by atoms with Gasteiger partial charge in [0.25, 0.3) is 0 Å². The summed E-state index contributed by atoms with van der Waals surface area (Å²) in [4.78, 5) is 16.2. The number of aliphatic imine (C=N–C) groups is 1. The Labute approximate surface area is 182 Å². The Balaban J connectivity index is 0.00000364. The Hall–Kier alpha value is -1.09. The molecule has 1 saturated carbocycles. The summed E-state index contributed by atoms with van der Waals surface area (Å²) in [5, 5.41) is 9.73. The van der Waals surface area contributed by atoms with Crippen molar-refractivity contribution < 1.29 is 9.18 Å². The smallest absolute Gasteiger partial charge is 0.223 e. The van der Waals surface area contributed by atoms with Crippen molar-refractivity contribution in [3.8, 4) is 0 Å². The minimum atomic E-state index is -0.346. The lowest BCUT2D eigenvalue weighted by molar-refractivity contribution is -0.122. The molecule has 27 heavy (non-hydrogen) atoms. The molecule has 2 rings (SSSR count). The molecule has 0 saturated heterocycles. The average molecular weight is 511 g/mol. The summed E-state index contributed by atoms with van der Waals surface area (Å²) in [5.74, 6) is 0.694. The number of guanidine groups is 1. The number of carbonyl (C=O) groups is 1. The molecular formula is C19H29ClFIN4O. The van der Waals surface area contributed by atoms with E-state index in [1.54, 1.807) is 6.07 Å². The first-order valence-corrected chi connectivity index (χ1v) is 9.46. The first-order chi connectivity index (χ1) is 12.3. The van der Waals surface area contributed by atoms with E-state index in [4.69, 9.17) is 11.6 Å². The molecule has 3 N–H and O–H groups in total. The van der Waals surface area contributed by atoms with Crippen molar-refractivity contribution in [2.24, 2.45) is 10.9 Å². The fraction of sp³-hybridized carbons (Fsp3) is 0.579. The highest BCUT2D eigenvalue weighted by atomic mass is 127. The zero-order chi connectivity index (χ0) is 19.2. The van der Waals surface area contributed by atoms with Gasteiger partial charge in [0.2, 0.25) is 5.91 Å². The molecule has 1 aliphatic rings. The first-order valence-electron chi connectivity index (χ1n) is 9.09. The molecule has 1 aromatic carbocycles. The van der Waals surface area contributed by atoms with Crippen LogP contribution in [-0.4, -0.2) is 38.0 Å². The number of nitrogens with one attached hydrogen (secondary N) is 3. The van der Waals surface area contributed by atoms with Crippen LogP contribution in [0.4, 0.5) is 4.39 Å². The topological polar surface area (TPSA) is 65.5 Å². The van der Waals surface area contributed by atoms with Crippen LogP contribution in [0.5, 0.6) is 0 Å². The van der Waals surface area contributed by atoms with Gasteiger partial charge in [0.05, 0.1) is 6.54 Å². The number of halogens is 3. The Kier molecular flexibility index (Phi) is 9.80. The van der Waals surface area contributed by atoms with E-state index in [0.29, 0.717) is 30.6 Å². The van der Waals surface area contributed by atoms with Crippen molar-refractivity contribution in [2.45, 2.75) is 39.0 Å². The van der Waals surface area contributed by atoms with Crippen LogP contribution < -0.4 is 16.0 Å². The number of rotatable bonds is 8. The van der Waals surface area contributed by atoms with Crippen LogP contribution in [0.2, 0.25) is 5.02 Å². The van der Waals surface area contributed by atoms with E-state index in [1.165, 1.54) is 12.1 Å². The minimum absolute atomic E-state index is 0. The minimum Gasteiger partial charge on any atom is -0.357 e. The van der Waals surface area contributed by atoms with E-state index in [0.717, 1.165) is 24.9 Å².